The van der Waals surface area contributed by atoms with Crippen LogP contribution < -0.4 is 10.8 Å². The van der Waals surface area contributed by atoms with Crippen LogP contribution in [0.4, 0.5) is 25.8 Å². The molecule has 1 aliphatic carbocycles. The zero-order chi connectivity index (χ0) is 15.7. The van der Waals surface area contributed by atoms with Crippen LogP contribution in [0.15, 0.2) is 30.3 Å². The van der Waals surface area contributed by atoms with E-state index in [-0.39, 0.29) is 11.8 Å². The van der Waals surface area contributed by atoms with Gasteiger partial charge in [-0.25, -0.2) is 8.78 Å². The third-order valence-corrected chi connectivity index (χ3v) is 3.60. The fourth-order valence-corrected chi connectivity index (χ4v) is 2.18. The Balaban J connectivity index is 1.90. The lowest BCUT2D eigenvalue weighted by atomic mass is 10.1. The average Bonchev–Trinajstić information content (AvgIpc) is 3.29. The van der Waals surface area contributed by atoms with E-state index in [2.05, 4.69) is 10.8 Å². The Morgan fingerprint density at radius 3 is 2.45 bits per heavy atom. The lowest BCUT2D eigenvalue weighted by Crippen LogP contribution is -2.08. The number of benzene rings is 2. The molecule has 0 unspecified atom stereocenters. The smallest absolute Gasteiger partial charge is 0.184 e. The Morgan fingerprint density at radius 1 is 1.05 bits per heavy atom. The monoisotopic (exact) mass is 304 g/mol. The maximum atomic E-state index is 14.2. The van der Waals surface area contributed by atoms with E-state index < -0.39 is 11.6 Å². The molecule has 0 amide bonds. The summed E-state index contributed by atoms with van der Waals surface area (Å²) in [7, 11) is 0. The Labute approximate surface area is 128 Å². The van der Waals surface area contributed by atoms with Gasteiger partial charge in [-0.2, -0.15) is 0 Å². The number of rotatable bonds is 5. The SMILES string of the molecule is Cc1ccc(Nc2c(NOC3CC3)ccc(F)c2F)c(C)c1. The van der Waals surface area contributed by atoms with Gasteiger partial charge in [-0.3, -0.25) is 10.3 Å². The van der Waals surface area contributed by atoms with Crippen LogP contribution >= 0.6 is 0 Å². The van der Waals surface area contributed by atoms with E-state index in [9.17, 15) is 8.78 Å². The molecular formula is C17H18F2N2O. The van der Waals surface area contributed by atoms with Crippen LogP contribution in [0.1, 0.15) is 24.0 Å². The van der Waals surface area contributed by atoms with Crippen molar-refractivity contribution in [2.75, 3.05) is 10.8 Å². The highest BCUT2D eigenvalue weighted by Gasteiger charge is 2.24. The van der Waals surface area contributed by atoms with Gasteiger partial charge in [-0.05, 0) is 50.5 Å². The van der Waals surface area contributed by atoms with Gasteiger partial charge in [0.05, 0.1) is 11.8 Å². The molecular weight excluding hydrogens is 286 g/mol. The first kappa shape index (κ1) is 14.8. The van der Waals surface area contributed by atoms with Crippen molar-refractivity contribution in [2.24, 2.45) is 0 Å². The van der Waals surface area contributed by atoms with E-state index in [1.165, 1.54) is 6.07 Å². The van der Waals surface area contributed by atoms with Gasteiger partial charge >= 0.3 is 0 Å². The zero-order valence-corrected chi connectivity index (χ0v) is 12.5. The Kier molecular flexibility index (Phi) is 3.98. The molecule has 1 aliphatic rings. The Hall–Kier alpha value is -2.14. The molecule has 0 saturated heterocycles. The number of halogens is 2. The van der Waals surface area contributed by atoms with Crippen LogP contribution in [0, 0.1) is 25.5 Å². The van der Waals surface area contributed by atoms with Gasteiger partial charge in [0.25, 0.3) is 0 Å². The van der Waals surface area contributed by atoms with E-state index in [4.69, 9.17) is 4.84 Å². The zero-order valence-electron chi connectivity index (χ0n) is 12.5. The van der Waals surface area contributed by atoms with Crippen molar-refractivity contribution >= 4 is 17.1 Å². The summed E-state index contributed by atoms with van der Waals surface area (Å²) in [5, 5.41) is 2.96. The minimum atomic E-state index is -0.927. The fraction of sp³-hybridized carbons (Fsp3) is 0.294. The van der Waals surface area contributed by atoms with Crippen LogP contribution in [-0.2, 0) is 4.84 Å². The molecule has 0 aliphatic heterocycles. The molecule has 0 heterocycles. The quantitative estimate of drug-likeness (QED) is 0.776. The second-order valence-electron chi connectivity index (χ2n) is 5.65. The molecule has 3 rings (SSSR count). The highest BCUT2D eigenvalue weighted by molar-refractivity contribution is 5.75. The summed E-state index contributed by atoms with van der Waals surface area (Å²) in [6.45, 7) is 3.90. The first-order valence-electron chi connectivity index (χ1n) is 7.28. The fourth-order valence-electron chi connectivity index (χ4n) is 2.18. The lowest BCUT2D eigenvalue weighted by molar-refractivity contribution is 0.178. The number of hydrogen-bond donors (Lipinski definition) is 2. The molecule has 1 fully saturated rings. The molecule has 116 valence electrons. The van der Waals surface area contributed by atoms with Crippen LogP contribution in [0.2, 0.25) is 0 Å². The summed E-state index contributed by atoms with van der Waals surface area (Å²) in [6.07, 6.45) is 2.12. The molecule has 0 spiro atoms. The van der Waals surface area contributed by atoms with Crippen molar-refractivity contribution in [1.82, 2.24) is 0 Å². The van der Waals surface area contributed by atoms with E-state index >= 15 is 0 Å². The van der Waals surface area contributed by atoms with Crippen LogP contribution in [-0.4, -0.2) is 6.10 Å². The van der Waals surface area contributed by atoms with Crippen LogP contribution in [0.3, 0.4) is 0 Å². The summed E-state index contributed by atoms with van der Waals surface area (Å²) in [5.74, 6) is -1.83. The van der Waals surface area contributed by atoms with E-state index in [1.54, 1.807) is 0 Å². The predicted octanol–water partition coefficient (Wildman–Crippen LogP) is 4.83. The van der Waals surface area contributed by atoms with E-state index in [0.717, 1.165) is 35.7 Å². The Bertz CT molecular complexity index is 699. The molecule has 5 heteroatoms. The van der Waals surface area contributed by atoms with Gasteiger partial charge in [0.2, 0.25) is 0 Å². The van der Waals surface area contributed by atoms with Crippen molar-refractivity contribution in [1.29, 1.82) is 0 Å². The number of aryl methyl sites for hydroxylation is 2. The molecule has 0 aromatic heterocycles. The lowest BCUT2D eigenvalue weighted by Gasteiger charge is -2.16. The maximum absolute atomic E-state index is 14.2. The van der Waals surface area contributed by atoms with Gasteiger partial charge in [0.15, 0.2) is 11.6 Å². The van der Waals surface area contributed by atoms with Gasteiger partial charge in [0, 0.05) is 5.69 Å². The first-order chi connectivity index (χ1) is 10.5. The van der Waals surface area contributed by atoms with Gasteiger partial charge in [-0.1, -0.05) is 17.7 Å². The van der Waals surface area contributed by atoms with Gasteiger partial charge in [0.1, 0.15) is 5.69 Å². The predicted molar refractivity (Wildman–Crippen MR) is 83.3 cm³/mol. The molecule has 0 atom stereocenters. The summed E-state index contributed by atoms with van der Waals surface area (Å²) >= 11 is 0. The van der Waals surface area contributed by atoms with Crippen molar-refractivity contribution in [2.45, 2.75) is 32.8 Å². The average molecular weight is 304 g/mol. The summed E-state index contributed by atoms with van der Waals surface area (Å²) < 4.78 is 27.7. The number of anilines is 3. The van der Waals surface area contributed by atoms with Crippen molar-refractivity contribution in [3.63, 3.8) is 0 Å². The van der Waals surface area contributed by atoms with Gasteiger partial charge < -0.3 is 5.32 Å². The molecule has 2 aromatic carbocycles. The molecule has 2 aromatic rings. The highest BCUT2D eigenvalue weighted by Crippen LogP contribution is 2.33. The topological polar surface area (TPSA) is 33.3 Å². The third kappa shape index (κ3) is 3.20. The van der Waals surface area contributed by atoms with Crippen molar-refractivity contribution < 1.29 is 13.6 Å². The van der Waals surface area contributed by atoms with E-state index in [0.29, 0.717) is 5.69 Å². The molecule has 1 saturated carbocycles. The largest absolute Gasteiger partial charge is 0.351 e. The van der Waals surface area contributed by atoms with Crippen molar-refractivity contribution in [3.05, 3.63) is 53.1 Å². The maximum Gasteiger partial charge on any atom is 0.184 e. The summed E-state index contributed by atoms with van der Waals surface area (Å²) in [5.41, 5.74) is 5.95. The van der Waals surface area contributed by atoms with Crippen LogP contribution in [0.5, 0.6) is 0 Å². The van der Waals surface area contributed by atoms with Crippen molar-refractivity contribution in [3.8, 4) is 0 Å². The molecule has 0 radical (unpaired) electrons. The normalized spacial score (nSPS) is 14.0. The third-order valence-electron chi connectivity index (χ3n) is 3.60. The van der Waals surface area contributed by atoms with E-state index in [1.807, 2.05) is 32.0 Å². The molecule has 0 bridgehead atoms. The number of nitrogens with one attached hydrogen (secondary N) is 2. The minimum Gasteiger partial charge on any atom is -0.351 e. The Morgan fingerprint density at radius 2 is 1.77 bits per heavy atom. The highest BCUT2D eigenvalue weighted by atomic mass is 19.2. The van der Waals surface area contributed by atoms with Crippen LogP contribution in [0.25, 0.3) is 0 Å². The van der Waals surface area contributed by atoms with Gasteiger partial charge in [-0.15, -0.1) is 0 Å². The standard InChI is InChI=1S/C17H18F2N2O/c1-10-3-7-14(11(2)9-10)20-17-15(21-22-12-4-5-12)8-6-13(18)16(17)19/h3,6-9,12,20-21H,4-5H2,1-2H3. The first-order valence-corrected chi connectivity index (χ1v) is 7.28. The summed E-state index contributed by atoms with van der Waals surface area (Å²) in [6, 6.07) is 8.29. The molecule has 2 N–H and O–H groups in total. The summed E-state index contributed by atoms with van der Waals surface area (Å²) in [4.78, 5) is 5.38. The second-order valence-corrected chi connectivity index (χ2v) is 5.65. The number of hydrogen-bond acceptors (Lipinski definition) is 3. The minimum absolute atomic E-state index is 0.0487. The molecule has 3 nitrogen and oxygen atoms in total. The second kappa shape index (κ2) is 5.93. The molecule has 22 heavy (non-hydrogen) atoms.